The summed E-state index contributed by atoms with van der Waals surface area (Å²) in [4.78, 5) is 25.5. The minimum absolute atomic E-state index is 0.0239. The average molecular weight is 296 g/mol. The lowest BCUT2D eigenvalue weighted by atomic mass is 9.92. The standard InChI is InChI=1S/C14H20N2O3S/c15-13(11-2-1-9-20-11)14(19)16-7-5-10(6-8-16)3-4-12(17)18/h1-2,9-10,13H,3-8,15H2,(H,17,18). The summed E-state index contributed by atoms with van der Waals surface area (Å²) in [6, 6.07) is 3.21. The van der Waals surface area contributed by atoms with Gasteiger partial charge >= 0.3 is 5.97 Å². The van der Waals surface area contributed by atoms with Crippen LogP contribution < -0.4 is 5.73 Å². The summed E-state index contributed by atoms with van der Waals surface area (Å²) in [6.45, 7) is 1.37. The van der Waals surface area contributed by atoms with Crippen LogP contribution in [0.4, 0.5) is 0 Å². The summed E-state index contributed by atoms with van der Waals surface area (Å²) in [5.41, 5.74) is 5.99. The summed E-state index contributed by atoms with van der Waals surface area (Å²) >= 11 is 1.50. The lowest BCUT2D eigenvalue weighted by Gasteiger charge is -2.33. The van der Waals surface area contributed by atoms with E-state index in [4.69, 9.17) is 10.8 Å². The smallest absolute Gasteiger partial charge is 0.303 e. The second-order valence-corrected chi connectivity index (χ2v) is 6.17. The Hall–Kier alpha value is -1.40. The Balaban J connectivity index is 1.81. The van der Waals surface area contributed by atoms with Crippen LogP contribution in [0.1, 0.15) is 36.6 Å². The Labute approximate surface area is 122 Å². The molecule has 110 valence electrons. The van der Waals surface area contributed by atoms with Gasteiger partial charge in [-0.25, -0.2) is 0 Å². The first-order valence-electron chi connectivity index (χ1n) is 6.87. The number of carboxylic acids is 1. The highest BCUT2D eigenvalue weighted by atomic mass is 32.1. The van der Waals surface area contributed by atoms with E-state index in [1.54, 1.807) is 0 Å². The number of nitrogens with zero attached hydrogens (tertiary/aromatic N) is 1. The summed E-state index contributed by atoms with van der Waals surface area (Å²) in [6.07, 6.45) is 2.66. The van der Waals surface area contributed by atoms with E-state index in [-0.39, 0.29) is 12.3 Å². The van der Waals surface area contributed by atoms with Crippen LogP contribution in [-0.2, 0) is 9.59 Å². The van der Waals surface area contributed by atoms with Crippen molar-refractivity contribution in [3.05, 3.63) is 22.4 Å². The summed E-state index contributed by atoms with van der Waals surface area (Å²) in [5, 5.41) is 10.6. The number of likely N-dealkylation sites (tertiary alicyclic amines) is 1. The second-order valence-electron chi connectivity index (χ2n) is 5.19. The lowest BCUT2D eigenvalue weighted by Crippen LogP contribution is -2.43. The van der Waals surface area contributed by atoms with Crippen LogP contribution in [-0.4, -0.2) is 35.0 Å². The average Bonchev–Trinajstić information content (AvgIpc) is 2.98. The number of hydrogen-bond donors (Lipinski definition) is 2. The second kappa shape index (κ2) is 6.85. The number of thiophene rings is 1. The van der Waals surface area contributed by atoms with Gasteiger partial charge in [-0.3, -0.25) is 9.59 Å². The molecule has 1 aromatic rings. The summed E-state index contributed by atoms with van der Waals surface area (Å²) in [7, 11) is 0. The van der Waals surface area contributed by atoms with Gasteiger partial charge in [0, 0.05) is 24.4 Å². The van der Waals surface area contributed by atoms with Gasteiger partial charge in [0.1, 0.15) is 6.04 Å². The molecule has 0 aromatic carbocycles. The number of amides is 1. The minimum Gasteiger partial charge on any atom is -0.481 e. The van der Waals surface area contributed by atoms with Crippen LogP contribution in [0, 0.1) is 5.92 Å². The van der Waals surface area contributed by atoms with Crippen LogP contribution in [0.15, 0.2) is 17.5 Å². The Bertz CT molecular complexity index is 453. The van der Waals surface area contributed by atoms with Gasteiger partial charge in [-0.1, -0.05) is 6.07 Å². The van der Waals surface area contributed by atoms with E-state index in [1.807, 2.05) is 22.4 Å². The molecule has 1 saturated heterocycles. The minimum atomic E-state index is -0.747. The van der Waals surface area contributed by atoms with E-state index in [0.29, 0.717) is 25.4 Å². The van der Waals surface area contributed by atoms with Crippen molar-refractivity contribution >= 4 is 23.2 Å². The van der Waals surface area contributed by atoms with Gasteiger partial charge in [0.2, 0.25) is 5.91 Å². The lowest BCUT2D eigenvalue weighted by molar-refractivity contribution is -0.138. The van der Waals surface area contributed by atoms with Crippen molar-refractivity contribution in [1.29, 1.82) is 0 Å². The normalized spacial score (nSPS) is 17.9. The van der Waals surface area contributed by atoms with E-state index >= 15 is 0 Å². The third kappa shape index (κ3) is 3.80. The molecule has 2 rings (SSSR count). The Morgan fingerprint density at radius 2 is 2.15 bits per heavy atom. The molecule has 0 aliphatic carbocycles. The number of hydrogen-bond acceptors (Lipinski definition) is 4. The van der Waals surface area contributed by atoms with Crippen LogP contribution in [0.2, 0.25) is 0 Å². The Morgan fingerprint density at radius 1 is 1.45 bits per heavy atom. The maximum atomic E-state index is 12.3. The van der Waals surface area contributed by atoms with Crippen LogP contribution in [0.3, 0.4) is 0 Å². The fourth-order valence-electron chi connectivity index (χ4n) is 2.56. The van der Waals surface area contributed by atoms with Crippen molar-refractivity contribution in [3.8, 4) is 0 Å². The Kier molecular flexibility index (Phi) is 5.14. The predicted molar refractivity (Wildman–Crippen MR) is 77.4 cm³/mol. The van der Waals surface area contributed by atoms with Crippen molar-refractivity contribution in [3.63, 3.8) is 0 Å². The first-order valence-corrected chi connectivity index (χ1v) is 7.75. The molecule has 1 unspecified atom stereocenters. The molecule has 0 radical (unpaired) electrons. The number of carbonyl (C=O) groups is 2. The third-order valence-corrected chi connectivity index (χ3v) is 4.76. The maximum absolute atomic E-state index is 12.3. The number of aliphatic carboxylic acids is 1. The molecule has 1 amide bonds. The number of rotatable bonds is 5. The van der Waals surface area contributed by atoms with Crippen molar-refractivity contribution in [2.45, 2.75) is 31.7 Å². The number of nitrogens with two attached hydrogens (primary N) is 1. The van der Waals surface area contributed by atoms with E-state index in [2.05, 4.69) is 0 Å². The number of carbonyl (C=O) groups excluding carboxylic acids is 1. The van der Waals surface area contributed by atoms with Gasteiger partial charge in [-0.15, -0.1) is 11.3 Å². The molecule has 5 nitrogen and oxygen atoms in total. The molecule has 3 N–H and O–H groups in total. The number of carboxylic acid groups (broad SMARTS) is 1. The van der Waals surface area contributed by atoms with E-state index in [0.717, 1.165) is 17.7 Å². The van der Waals surface area contributed by atoms with Gasteiger partial charge in [0.05, 0.1) is 0 Å². The van der Waals surface area contributed by atoms with Crippen molar-refractivity contribution in [2.24, 2.45) is 11.7 Å². The molecule has 0 spiro atoms. The topological polar surface area (TPSA) is 83.6 Å². The molecule has 1 aliphatic rings. The highest BCUT2D eigenvalue weighted by molar-refractivity contribution is 7.10. The largest absolute Gasteiger partial charge is 0.481 e. The first kappa shape index (κ1) is 15.0. The molecule has 20 heavy (non-hydrogen) atoms. The molecule has 1 aliphatic heterocycles. The highest BCUT2D eigenvalue weighted by Crippen LogP contribution is 2.25. The molecule has 6 heteroatoms. The molecular weight excluding hydrogens is 276 g/mol. The van der Waals surface area contributed by atoms with Gasteiger partial charge in [0.15, 0.2) is 0 Å². The Morgan fingerprint density at radius 3 is 2.70 bits per heavy atom. The molecule has 1 aromatic heterocycles. The van der Waals surface area contributed by atoms with Gasteiger partial charge in [-0.05, 0) is 36.6 Å². The van der Waals surface area contributed by atoms with Crippen molar-refractivity contribution in [2.75, 3.05) is 13.1 Å². The zero-order valence-electron chi connectivity index (χ0n) is 11.3. The maximum Gasteiger partial charge on any atom is 0.303 e. The SMILES string of the molecule is NC(C(=O)N1CCC(CCC(=O)O)CC1)c1cccs1. The van der Waals surface area contributed by atoms with Crippen LogP contribution in [0.25, 0.3) is 0 Å². The van der Waals surface area contributed by atoms with Gasteiger partial charge in [0.25, 0.3) is 0 Å². The molecular formula is C14H20N2O3S. The van der Waals surface area contributed by atoms with Gasteiger partial charge < -0.3 is 15.7 Å². The van der Waals surface area contributed by atoms with E-state index in [1.165, 1.54) is 11.3 Å². The van der Waals surface area contributed by atoms with E-state index < -0.39 is 12.0 Å². The monoisotopic (exact) mass is 296 g/mol. The van der Waals surface area contributed by atoms with Crippen molar-refractivity contribution < 1.29 is 14.7 Å². The predicted octanol–water partition coefficient (Wildman–Crippen LogP) is 1.85. The van der Waals surface area contributed by atoms with Crippen molar-refractivity contribution in [1.82, 2.24) is 4.90 Å². The molecule has 1 atom stereocenters. The van der Waals surface area contributed by atoms with Crippen LogP contribution in [0.5, 0.6) is 0 Å². The van der Waals surface area contributed by atoms with Crippen LogP contribution >= 0.6 is 11.3 Å². The fourth-order valence-corrected chi connectivity index (χ4v) is 3.28. The number of piperidine rings is 1. The molecule has 0 saturated carbocycles. The summed E-state index contributed by atoms with van der Waals surface area (Å²) < 4.78 is 0. The zero-order valence-corrected chi connectivity index (χ0v) is 12.1. The summed E-state index contributed by atoms with van der Waals surface area (Å²) in [5.74, 6) is -0.361. The zero-order chi connectivity index (χ0) is 14.5. The van der Waals surface area contributed by atoms with Gasteiger partial charge in [-0.2, -0.15) is 0 Å². The van der Waals surface area contributed by atoms with E-state index in [9.17, 15) is 9.59 Å². The fraction of sp³-hybridized carbons (Fsp3) is 0.571. The molecule has 2 heterocycles. The third-order valence-electron chi connectivity index (χ3n) is 3.81. The molecule has 0 bridgehead atoms. The first-order chi connectivity index (χ1) is 9.58. The highest BCUT2D eigenvalue weighted by Gasteiger charge is 2.27. The quantitative estimate of drug-likeness (QED) is 0.868. The molecule has 1 fully saturated rings.